The quantitative estimate of drug-likeness (QED) is 0.0793. The van der Waals surface area contributed by atoms with Crippen LogP contribution in [0.4, 0.5) is 0 Å². The van der Waals surface area contributed by atoms with Gasteiger partial charge < -0.3 is 0 Å². The van der Waals surface area contributed by atoms with Crippen LogP contribution >= 0.6 is 26.9 Å². The molecule has 6 heteroatoms. The van der Waals surface area contributed by atoms with E-state index >= 15 is 0 Å². The van der Waals surface area contributed by atoms with Crippen molar-refractivity contribution in [2.24, 2.45) is 0 Å². The third-order valence-corrected chi connectivity index (χ3v) is 20.3. The molecule has 0 unspecified atom stereocenters. The van der Waals surface area contributed by atoms with E-state index in [-0.39, 0.29) is 0 Å². The molecule has 0 amide bonds. The summed E-state index contributed by atoms with van der Waals surface area (Å²) in [6.45, 7) is 28.7. The topological polar surface area (TPSA) is 13.0 Å². The Hall–Kier alpha value is 1.00. The fourth-order valence-electron chi connectivity index (χ4n) is 5.19. The second-order valence-electron chi connectivity index (χ2n) is 9.96. The molecular formula is C28H64IN4P. The zero-order valence-electron chi connectivity index (χ0n) is 24.8. The van der Waals surface area contributed by atoms with E-state index in [1.807, 2.05) is 0 Å². The van der Waals surface area contributed by atoms with E-state index in [1.54, 1.807) is 0 Å². The Morgan fingerprint density at radius 1 is 0.382 bits per heavy atom. The predicted molar refractivity (Wildman–Crippen MR) is 168 cm³/mol. The molecular weight excluding hydrogens is 550 g/mol. The molecule has 0 aromatic carbocycles. The summed E-state index contributed by atoms with van der Waals surface area (Å²) in [4.78, 5) is -2.76. The first-order valence-corrected chi connectivity index (χ1v) is 20.0. The Balaban J connectivity index is 7.23. The fraction of sp³-hybridized carbons (Fsp3) is 1.00. The first-order chi connectivity index (χ1) is 16.4. The molecule has 0 N–H and O–H groups in total. The maximum absolute atomic E-state index is 3.13. The Kier molecular flexibility index (Phi) is 20.6. The number of halogens is 1. The van der Waals surface area contributed by atoms with Crippen molar-refractivity contribution in [2.45, 2.75) is 132 Å². The summed E-state index contributed by atoms with van der Waals surface area (Å²) in [6, 6.07) is 0. The molecule has 0 aliphatic heterocycles. The van der Waals surface area contributed by atoms with Crippen molar-refractivity contribution in [3.63, 3.8) is 0 Å². The minimum atomic E-state index is -2.76. The van der Waals surface area contributed by atoms with Gasteiger partial charge in [0.25, 0.3) is 0 Å². The van der Waals surface area contributed by atoms with Gasteiger partial charge in [-0.1, -0.05) is 0 Å². The van der Waals surface area contributed by atoms with Crippen molar-refractivity contribution in [3.05, 3.63) is 0 Å². The predicted octanol–water partition coefficient (Wildman–Crippen LogP) is 9.60. The Labute approximate surface area is 229 Å². The summed E-state index contributed by atoms with van der Waals surface area (Å²) >= 11 is 3.13. The van der Waals surface area contributed by atoms with Crippen LogP contribution in [-0.2, 0) is 0 Å². The van der Waals surface area contributed by atoms with Crippen LogP contribution in [0, 0.1) is 0 Å². The minimum absolute atomic E-state index is 1.13. The monoisotopic (exact) mass is 614 g/mol. The van der Waals surface area contributed by atoms with Gasteiger partial charge in [0, 0.05) is 0 Å². The number of nitrogens with zero attached hydrogens (tertiary/aromatic N) is 4. The molecule has 0 aliphatic rings. The van der Waals surface area contributed by atoms with E-state index in [0.717, 1.165) is 13.1 Å². The van der Waals surface area contributed by atoms with Gasteiger partial charge in [0.05, 0.1) is 0 Å². The molecule has 34 heavy (non-hydrogen) atoms. The van der Waals surface area contributed by atoms with Crippen molar-refractivity contribution in [1.82, 2.24) is 18.7 Å². The van der Waals surface area contributed by atoms with Crippen LogP contribution in [0.3, 0.4) is 0 Å². The van der Waals surface area contributed by atoms with Crippen LogP contribution in [0.5, 0.6) is 0 Å². The van der Waals surface area contributed by atoms with E-state index in [9.17, 15) is 0 Å². The molecule has 0 aromatic rings. The van der Waals surface area contributed by atoms with Gasteiger partial charge in [-0.3, -0.25) is 0 Å². The van der Waals surface area contributed by atoms with Gasteiger partial charge in [-0.2, -0.15) is 0 Å². The molecule has 0 saturated carbocycles. The standard InChI is InChI=1S/C28H64IN4P/c1-9-17-23-31(24-18-10-2)34(29,30(15-7)16-8,32(25-19-11-3)26-20-12-4)33(27-21-13-5)28-22-14-6/h9-28H2,1-8H3. The second-order valence-corrected chi connectivity index (χ2v) is 19.1. The first-order valence-electron chi connectivity index (χ1n) is 15.2. The average molecular weight is 615 g/mol. The molecule has 4 nitrogen and oxygen atoms in total. The summed E-state index contributed by atoms with van der Waals surface area (Å²) in [5.74, 6) is 0. The molecule has 0 spiro atoms. The third kappa shape index (κ3) is 9.08. The van der Waals surface area contributed by atoms with Crippen LogP contribution in [-0.4, -0.2) is 71.0 Å². The van der Waals surface area contributed by atoms with Gasteiger partial charge >= 0.3 is 230 Å². The first kappa shape index (κ1) is 35.0. The van der Waals surface area contributed by atoms with Crippen LogP contribution in [0.15, 0.2) is 0 Å². The zero-order chi connectivity index (χ0) is 25.9. The van der Waals surface area contributed by atoms with E-state index in [4.69, 9.17) is 0 Å². The third-order valence-electron chi connectivity index (χ3n) is 7.29. The Morgan fingerprint density at radius 3 is 0.735 bits per heavy atom. The zero-order valence-corrected chi connectivity index (χ0v) is 27.8. The van der Waals surface area contributed by atoms with E-state index < -0.39 is 4.85 Å². The summed E-state index contributed by atoms with van der Waals surface area (Å²) in [5, 5.41) is 0. The SMILES string of the molecule is CCCCN(CCCC)P(I)(N(CC)CC)(N(CCCC)CCCC)N(CCCC)CCCC. The van der Waals surface area contributed by atoms with Gasteiger partial charge in [-0.25, -0.2) is 0 Å². The molecule has 208 valence electrons. The summed E-state index contributed by atoms with van der Waals surface area (Å²) in [7, 11) is 0. The van der Waals surface area contributed by atoms with Crippen molar-refractivity contribution >= 4 is 26.9 Å². The molecule has 0 fully saturated rings. The van der Waals surface area contributed by atoms with Crippen molar-refractivity contribution < 1.29 is 0 Å². The summed E-state index contributed by atoms with van der Waals surface area (Å²) in [6.07, 6.45) is 15.5. The Morgan fingerprint density at radius 2 is 0.588 bits per heavy atom. The van der Waals surface area contributed by atoms with Crippen molar-refractivity contribution in [1.29, 1.82) is 0 Å². The van der Waals surface area contributed by atoms with E-state index in [1.165, 1.54) is 116 Å². The van der Waals surface area contributed by atoms with Gasteiger partial charge in [-0.15, -0.1) is 0 Å². The molecule has 0 bridgehead atoms. The van der Waals surface area contributed by atoms with E-state index in [2.05, 4.69) is 96.1 Å². The molecule has 0 aliphatic carbocycles. The molecule has 0 rings (SSSR count). The van der Waals surface area contributed by atoms with Gasteiger partial charge in [0.15, 0.2) is 0 Å². The molecule has 0 heterocycles. The van der Waals surface area contributed by atoms with Gasteiger partial charge in [-0.05, 0) is 0 Å². The molecule has 0 aromatic heterocycles. The van der Waals surface area contributed by atoms with Gasteiger partial charge in [0.2, 0.25) is 0 Å². The molecule has 0 radical (unpaired) electrons. The molecule has 0 saturated heterocycles. The van der Waals surface area contributed by atoms with Crippen LogP contribution in [0.2, 0.25) is 0 Å². The second kappa shape index (κ2) is 20.0. The van der Waals surface area contributed by atoms with Crippen LogP contribution < -0.4 is 0 Å². The normalized spacial score (nSPS) is 14.0. The Bertz CT molecular complexity index is 398. The number of hydrogen-bond acceptors (Lipinski definition) is 4. The number of rotatable bonds is 24. The fourth-order valence-corrected chi connectivity index (χ4v) is 16.9. The summed E-state index contributed by atoms with van der Waals surface area (Å²) < 4.78 is 12.2. The number of unbranched alkanes of at least 4 members (excludes halogenated alkanes) is 6. The summed E-state index contributed by atoms with van der Waals surface area (Å²) in [5.41, 5.74) is 0. The van der Waals surface area contributed by atoms with E-state index in [0.29, 0.717) is 0 Å². The van der Waals surface area contributed by atoms with Crippen LogP contribution in [0.25, 0.3) is 0 Å². The molecule has 0 atom stereocenters. The average Bonchev–Trinajstić information content (AvgIpc) is 2.84. The number of hydrogen-bond donors (Lipinski definition) is 0. The maximum atomic E-state index is 3.13. The van der Waals surface area contributed by atoms with Crippen molar-refractivity contribution in [3.8, 4) is 0 Å². The van der Waals surface area contributed by atoms with Crippen LogP contribution in [0.1, 0.15) is 132 Å². The van der Waals surface area contributed by atoms with Crippen molar-refractivity contribution in [2.75, 3.05) is 52.4 Å². The van der Waals surface area contributed by atoms with Gasteiger partial charge in [0.1, 0.15) is 0 Å².